The van der Waals surface area contributed by atoms with Crippen LogP contribution in [-0.4, -0.2) is 40.9 Å². The molecule has 0 saturated carbocycles. The lowest BCUT2D eigenvalue weighted by Gasteiger charge is -2.36. The Morgan fingerprint density at radius 3 is 3.20 bits per heavy atom. The summed E-state index contributed by atoms with van der Waals surface area (Å²) in [5, 5.41) is 13.6. The molecule has 106 valence electrons. The number of anilines is 1. The minimum absolute atomic E-state index is 0.534. The zero-order valence-corrected chi connectivity index (χ0v) is 12.5. The van der Waals surface area contributed by atoms with Gasteiger partial charge in [-0.05, 0) is 30.2 Å². The number of aromatic nitrogens is 3. The minimum atomic E-state index is 0.534. The quantitative estimate of drug-likeness (QED) is 0.894. The molecule has 2 N–H and O–H groups in total. The molecule has 0 bridgehead atoms. The largest absolute Gasteiger partial charge is 0.335 e. The first kappa shape index (κ1) is 12.6. The van der Waals surface area contributed by atoms with Gasteiger partial charge in [0.2, 0.25) is 5.95 Å². The van der Waals surface area contributed by atoms with E-state index >= 15 is 0 Å². The summed E-state index contributed by atoms with van der Waals surface area (Å²) in [5.74, 6) is 2.31. The summed E-state index contributed by atoms with van der Waals surface area (Å²) in [7, 11) is 0. The minimum Gasteiger partial charge on any atom is -0.335 e. The molecule has 0 radical (unpaired) electrons. The van der Waals surface area contributed by atoms with Gasteiger partial charge in [-0.15, -0.1) is 16.4 Å². The summed E-state index contributed by atoms with van der Waals surface area (Å²) in [6, 6.07) is 2.42. The van der Waals surface area contributed by atoms with Crippen molar-refractivity contribution in [2.45, 2.75) is 18.9 Å². The van der Waals surface area contributed by atoms with E-state index in [1.165, 1.54) is 12.8 Å². The molecule has 0 spiro atoms. The van der Waals surface area contributed by atoms with Gasteiger partial charge in [-0.3, -0.25) is 5.10 Å². The van der Waals surface area contributed by atoms with E-state index in [9.17, 15) is 0 Å². The highest BCUT2D eigenvalue weighted by Crippen LogP contribution is 2.33. The van der Waals surface area contributed by atoms with Crippen LogP contribution in [0.15, 0.2) is 11.4 Å². The first-order valence-electron chi connectivity index (χ1n) is 6.96. The van der Waals surface area contributed by atoms with E-state index in [4.69, 9.17) is 11.6 Å². The van der Waals surface area contributed by atoms with Gasteiger partial charge < -0.3 is 10.2 Å². The number of nitrogens with zero attached hydrogens (tertiary/aromatic N) is 3. The summed E-state index contributed by atoms with van der Waals surface area (Å²) < 4.78 is 0. The van der Waals surface area contributed by atoms with Gasteiger partial charge in [0.05, 0.1) is 9.90 Å². The van der Waals surface area contributed by atoms with Crippen LogP contribution in [0.1, 0.15) is 12.8 Å². The Morgan fingerprint density at radius 1 is 1.40 bits per heavy atom. The molecule has 4 rings (SSSR count). The third kappa shape index (κ3) is 2.03. The lowest BCUT2D eigenvalue weighted by Crippen LogP contribution is -2.45. The number of rotatable bonds is 2. The summed E-state index contributed by atoms with van der Waals surface area (Å²) in [6.45, 7) is 3.20. The highest BCUT2D eigenvalue weighted by atomic mass is 35.5. The molecular formula is C13H16ClN5S. The summed E-state index contributed by atoms with van der Waals surface area (Å²) >= 11 is 7.74. The van der Waals surface area contributed by atoms with Crippen LogP contribution in [0.5, 0.6) is 0 Å². The molecule has 2 unspecified atom stereocenters. The second-order valence-corrected chi connectivity index (χ2v) is 6.73. The van der Waals surface area contributed by atoms with Crippen LogP contribution in [0, 0.1) is 5.92 Å². The smallest absolute Gasteiger partial charge is 0.245 e. The lowest BCUT2D eigenvalue weighted by molar-refractivity contribution is 0.381. The molecule has 2 aliphatic rings. The van der Waals surface area contributed by atoms with Crippen LogP contribution >= 0.6 is 22.9 Å². The van der Waals surface area contributed by atoms with Gasteiger partial charge in [0.15, 0.2) is 5.82 Å². The number of thiophene rings is 1. The number of piperidine rings is 1. The maximum absolute atomic E-state index is 6.16. The zero-order valence-electron chi connectivity index (χ0n) is 11.0. The predicted molar refractivity (Wildman–Crippen MR) is 81.4 cm³/mol. The predicted octanol–water partition coefficient (Wildman–Crippen LogP) is 2.37. The van der Waals surface area contributed by atoms with Gasteiger partial charge >= 0.3 is 0 Å². The van der Waals surface area contributed by atoms with Crippen molar-refractivity contribution in [2.24, 2.45) is 5.92 Å². The molecule has 2 atom stereocenters. The van der Waals surface area contributed by atoms with Gasteiger partial charge in [-0.25, -0.2) is 0 Å². The maximum atomic E-state index is 6.16. The number of fused-ring (bicyclic) bond motifs is 1. The lowest BCUT2D eigenvalue weighted by atomic mass is 9.92. The second kappa shape index (κ2) is 5.02. The van der Waals surface area contributed by atoms with E-state index in [-0.39, 0.29) is 0 Å². The number of hydrogen-bond acceptors (Lipinski definition) is 5. The molecule has 2 aliphatic heterocycles. The summed E-state index contributed by atoms with van der Waals surface area (Å²) in [6.07, 6.45) is 2.52. The van der Waals surface area contributed by atoms with E-state index in [1.807, 2.05) is 11.4 Å². The van der Waals surface area contributed by atoms with Gasteiger partial charge in [-0.2, -0.15) is 4.98 Å². The first-order chi connectivity index (χ1) is 9.83. The van der Waals surface area contributed by atoms with Crippen LogP contribution in [0.2, 0.25) is 5.02 Å². The SMILES string of the molecule is Clc1ccsc1-c1nc(N2CCCC3CNCC32)n[nH]1. The highest BCUT2D eigenvalue weighted by Gasteiger charge is 2.36. The molecule has 20 heavy (non-hydrogen) atoms. The van der Waals surface area contributed by atoms with E-state index < -0.39 is 0 Å². The van der Waals surface area contributed by atoms with Crippen molar-refractivity contribution in [1.82, 2.24) is 20.5 Å². The van der Waals surface area contributed by atoms with Crippen LogP contribution in [-0.2, 0) is 0 Å². The molecule has 7 heteroatoms. The summed E-state index contributed by atoms with van der Waals surface area (Å²) in [5.41, 5.74) is 0. The Hall–Kier alpha value is -1.11. The standard InChI is InChI=1S/C13H16ClN5S/c14-9-3-5-20-11(9)12-16-13(18-17-12)19-4-1-2-8-6-15-7-10(8)19/h3,5,8,10,15H,1-2,4,6-7H2,(H,16,17,18). The van der Waals surface area contributed by atoms with Gasteiger partial charge in [0.25, 0.3) is 0 Å². The fraction of sp³-hybridized carbons (Fsp3) is 0.538. The second-order valence-electron chi connectivity index (χ2n) is 5.40. The Labute approximate surface area is 126 Å². The molecule has 2 aromatic rings. The Bertz CT molecular complexity index is 609. The molecule has 4 heterocycles. The molecule has 2 aromatic heterocycles. The monoisotopic (exact) mass is 309 g/mol. The first-order valence-corrected chi connectivity index (χ1v) is 8.22. The molecule has 2 saturated heterocycles. The van der Waals surface area contributed by atoms with E-state index in [0.717, 1.165) is 47.2 Å². The Balaban J connectivity index is 1.63. The van der Waals surface area contributed by atoms with Crippen molar-refractivity contribution in [3.63, 3.8) is 0 Å². The van der Waals surface area contributed by atoms with Gasteiger partial charge in [0, 0.05) is 25.7 Å². The van der Waals surface area contributed by atoms with Crippen molar-refractivity contribution >= 4 is 28.9 Å². The highest BCUT2D eigenvalue weighted by molar-refractivity contribution is 7.14. The topological polar surface area (TPSA) is 56.8 Å². The van der Waals surface area contributed by atoms with Gasteiger partial charge in [0.1, 0.15) is 0 Å². The molecular weight excluding hydrogens is 294 g/mol. The van der Waals surface area contributed by atoms with Crippen LogP contribution in [0.3, 0.4) is 0 Å². The van der Waals surface area contributed by atoms with E-state index in [0.29, 0.717) is 6.04 Å². The third-order valence-electron chi connectivity index (χ3n) is 4.24. The normalized spacial score (nSPS) is 25.9. The van der Waals surface area contributed by atoms with Crippen molar-refractivity contribution in [3.8, 4) is 10.7 Å². The third-order valence-corrected chi connectivity index (χ3v) is 5.59. The van der Waals surface area contributed by atoms with Crippen LogP contribution in [0.4, 0.5) is 5.95 Å². The maximum Gasteiger partial charge on any atom is 0.245 e. The van der Waals surface area contributed by atoms with Crippen LogP contribution in [0.25, 0.3) is 10.7 Å². The zero-order chi connectivity index (χ0) is 13.5. The van der Waals surface area contributed by atoms with Gasteiger partial charge in [-0.1, -0.05) is 11.6 Å². The summed E-state index contributed by atoms with van der Waals surface area (Å²) in [4.78, 5) is 7.96. The van der Waals surface area contributed by atoms with E-state index in [1.54, 1.807) is 11.3 Å². The average Bonchev–Trinajstić information content (AvgIpc) is 3.17. The Morgan fingerprint density at radius 2 is 2.35 bits per heavy atom. The molecule has 0 aliphatic carbocycles. The fourth-order valence-electron chi connectivity index (χ4n) is 3.26. The molecule has 5 nitrogen and oxygen atoms in total. The van der Waals surface area contributed by atoms with Crippen molar-refractivity contribution in [3.05, 3.63) is 16.5 Å². The Kier molecular flexibility index (Phi) is 3.17. The number of H-pyrrole nitrogens is 1. The molecule has 2 fully saturated rings. The van der Waals surface area contributed by atoms with E-state index in [2.05, 4.69) is 25.4 Å². The van der Waals surface area contributed by atoms with Crippen molar-refractivity contribution in [2.75, 3.05) is 24.5 Å². The van der Waals surface area contributed by atoms with Crippen molar-refractivity contribution < 1.29 is 0 Å². The average molecular weight is 310 g/mol. The van der Waals surface area contributed by atoms with Crippen molar-refractivity contribution in [1.29, 1.82) is 0 Å². The molecule has 0 amide bonds. The number of hydrogen-bond donors (Lipinski definition) is 2. The van der Waals surface area contributed by atoms with Crippen LogP contribution < -0.4 is 10.2 Å². The fourth-order valence-corrected chi connectivity index (χ4v) is 4.35. The number of aromatic amines is 1. The molecule has 0 aromatic carbocycles. The number of nitrogens with one attached hydrogen (secondary N) is 2. The number of halogens is 1.